The van der Waals surface area contributed by atoms with Crippen LogP contribution < -0.4 is 4.90 Å². The molecule has 1 aliphatic heterocycles. The Morgan fingerprint density at radius 1 is 0.847 bits per heavy atom. The van der Waals surface area contributed by atoms with Crippen molar-refractivity contribution in [3.05, 3.63) is 86.3 Å². The lowest BCUT2D eigenvalue weighted by Gasteiger charge is -2.38. The summed E-state index contributed by atoms with van der Waals surface area (Å²) in [6.07, 6.45) is 6.65. The number of hydrazine groups is 1. The van der Waals surface area contributed by atoms with Crippen LogP contribution in [0.1, 0.15) is 122 Å². The highest BCUT2D eigenvalue weighted by Gasteiger charge is 2.48. The maximum atomic E-state index is 14.9. The molecule has 2 aromatic carbocycles. The van der Waals surface area contributed by atoms with E-state index in [1.165, 1.54) is 25.2 Å². The molecule has 59 heavy (non-hydrogen) atoms. The molecule has 4 rings (SSSR count). The Labute approximate surface area is 352 Å². The first-order chi connectivity index (χ1) is 27.9. The molecular weight excluding hydrogens is 767 g/mol. The van der Waals surface area contributed by atoms with Crippen LogP contribution in [0.3, 0.4) is 0 Å². The van der Waals surface area contributed by atoms with Gasteiger partial charge < -0.3 is 10.0 Å². The second-order valence-electron chi connectivity index (χ2n) is 15.8. The Kier molecular flexibility index (Phi) is 15.8. The number of carbonyl (C=O) groups excluding carboxylic acids is 6. The van der Waals surface area contributed by atoms with Gasteiger partial charge in [0.25, 0.3) is 23.6 Å². The predicted molar refractivity (Wildman–Crippen MR) is 231 cm³/mol. The molecule has 0 atom stereocenters. The molecule has 0 aliphatic carbocycles. The number of rotatable bonds is 16. The molecule has 0 radical (unpaired) electrons. The number of anilines is 1. The minimum atomic E-state index is -1.22. The van der Waals surface area contributed by atoms with Crippen molar-refractivity contribution in [3.63, 3.8) is 0 Å². The minimum Gasteiger partial charge on any atom is -0.392 e. The van der Waals surface area contributed by atoms with Crippen molar-refractivity contribution < 1.29 is 33.9 Å². The van der Waals surface area contributed by atoms with Crippen LogP contribution in [0, 0.1) is 5.41 Å². The van der Waals surface area contributed by atoms with Gasteiger partial charge in [0.15, 0.2) is 5.13 Å². The summed E-state index contributed by atoms with van der Waals surface area (Å²) in [5.41, 5.74) is 2.87. The molecule has 0 fully saturated rings. The highest BCUT2D eigenvalue weighted by atomic mass is 32.1. The van der Waals surface area contributed by atoms with Crippen molar-refractivity contribution in [2.24, 2.45) is 5.41 Å². The topological polar surface area (TPSA) is 148 Å². The average Bonchev–Trinajstić information content (AvgIpc) is 3.61. The summed E-state index contributed by atoms with van der Waals surface area (Å²) in [5, 5.41) is 11.8. The van der Waals surface area contributed by atoms with Crippen LogP contribution in [0.25, 0.3) is 17.3 Å². The van der Waals surface area contributed by atoms with Gasteiger partial charge in [0.1, 0.15) is 5.57 Å². The molecule has 316 valence electrons. The number of benzene rings is 2. The van der Waals surface area contributed by atoms with E-state index in [9.17, 15) is 33.9 Å². The third-order valence-corrected chi connectivity index (χ3v) is 11.3. The first kappa shape index (κ1) is 46.4. The fourth-order valence-electron chi connectivity index (χ4n) is 6.95. The van der Waals surface area contributed by atoms with Gasteiger partial charge in [-0.1, -0.05) is 115 Å². The fraction of sp³-hybridized carbons (Fsp3) is 0.457. The molecule has 0 saturated carbocycles. The van der Waals surface area contributed by atoms with E-state index in [2.05, 4.69) is 18.7 Å². The zero-order valence-corrected chi connectivity index (χ0v) is 37.0. The smallest absolute Gasteiger partial charge is 0.286 e. The Morgan fingerprint density at radius 2 is 1.42 bits per heavy atom. The summed E-state index contributed by atoms with van der Waals surface area (Å²) in [5.74, 6) is -5.54. The van der Waals surface area contributed by atoms with E-state index in [1.807, 2.05) is 26.0 Å². The number of imide groups is 3. The third-order valence-electron chi connectivity index (χ3n) is 10.3. The van der Waals surface area contributed by atoms with Gasteiger partial charge in [-0.25, -0.2) is 4.98 Å². The first-order valence-electron chi connectivity index (χ1n) is 20.5. The number of carbonyl (C=O) groups is 6. The molecule has 0 bridgehead atoms. The zero-order chi connectivity index (χ0) is 43.8. The second-order valence-corrected chi connectivity index (χ2v) is 16.8. The Bertz CT molecular complexity index is 2110. The molecular formula is C46H59N5O7S. The van der Waals surface area contributed by atoms with E-state index >= 15 is 0 Å². The quantitative estimate of drug-likeness (QED) is 0.0868. The van der Waals surface area contributed by atoms with Gasteiger partial charge in [-0.3, -0.25) is 33.7 Å². The SMILES string of the molecule is CCCCN(CCCC)c1nc(-c2c(CC)cc(CO)cc2CC)c(/C=C2\C(=O)N(N(C(C)=O)C(=O)C(C)(C)C)C(=O)C(C(=O)N(Cc3ccccc3)C(C)=O)=C2C)s1. The van der Waals surface area contributed by atoms with Crippen molar-refractivity contribution in [2.45, 2.75) is 121 Å². The molecule has 0 unspecified atom stereocenters. The van der Waals surface area contributed by atoms with E-state index in [0.717, 1.165) is 78.0 Å². The molecule has 1 aliphatic rings. The summed E-state index contributed by atoms with van der Waals surface area (Å²) in [7, 11) is 0. The van der Waals surface area contributed by atoms with Gasteiger partial charge in [0, 0.05) is 43.5 Å². The number of amides is 6. The molecule has 1 N–H and O–H groups in total. The number of aliphatic hydroxyl groups excluding tert-OH is 1. The van der Waals surface area contributed by atoms with Crippen molar-refractivity contribution in [1.29, 1.82) is 0 Å². The Morgan fingerprint density at radius 3 is 1.90 bits per heavy atom. The van der Waals surface area contributed by atoms with Gasteiger partial charge in [0.2, 0.25) is 11.8 Å². The molecule has 0 spiro atoms. The van der Waals surface area contributed by atoms with Crippen molar-refractivity contribution in [3.8, 4) is 11.3 Å². The number of hydrogen-bond donors (Lipinski definition) is 1. The summed E-state index contributed by atoms with van der Waals surface area (Å²) >= 11 is 1.37. The molecule has 6 amide bonds. The van der Waals surface area contributed by atoms with Crippen LogP contribution in [-0.2, 0) is 54.8 Å². The number of hydrogen-bond acceptors (Lipinski definition) is 10. The summed E-state index contributed by atoms with van der Waals surface area (Å²) in [6, 6.07) is 12.7. The molecule has 12 nitrogen and oxygen atoms in total. The number of aromatic nitrogens is 1. The van der Waals surface area contributed by atoms with E-state index < -0.39 is 46.4 Å². The summed E-state index contributed by atoms with van der Waals surface area (Å²) in [4.78, 5) is 93.6. The van der Waals surface area contributed by atoms with E-state index in [4.69, 9.17) is 4.98 Å². The first-order valence-corrected chi connectivity index (χ1v) is 21.3. The number of thiazole rings is 1. The normalized spacial score (nSPS) is 13.9. The highest BCUT2D eigenvalue weighted by molar-refractivity contribution is 7.17. The number of unbranched alkanes of at least 4 members (excludes halogenated alkanes) is 2. The largest absolute Gasteiger partial charge is 0.392 e. The highest BCUT2D eigenvalue weighted by Crippen LogP contribution is 2.41. The van der Waals surface area contributed by atoms with Crippen LogP contribution in [0.4, 0.5) is 5.13 Å². The molecule has 0 saturated heterocycles. The van der Waals surface area contributed by atoms with Gasteiger partial charge in [-0.2, -0.15) is 10.0 Å². The minimum absolute atomic E-state index is 0.0101. The van der Waals surface area contributed by atoms with Crippen LogP contribution in [-0.4, -0.2) is 73.5 Å². The molecule has 1 aromatic heterocycles. The van der Waals surface area contributed by atoms with E-state index in [0.29, 0.717) is 39.0 Å². The molecule has 3 aromatic rings. The number of nitrogens with zero attached hydrogens (tertiary/aromatic N) is 5. The fourth-order valence-corrected chi connectivity index (χ4v) is 8.01. The molecule has 2 heterocycles. The summed E-state index contributed by atoms with van der Waals surface area (Å²) in [6.45, 7) is 17.9. The average molecular weight is 826 g/mol. The molecule has 13 heteroatoms. The Hall–Kier alpha value is -5.27. The van der Waals surface area contributed by atoms with E-state index in [-0.39, 0.29) is 24.3 Å². The summed E-state index contributed by atoms with van der Waals surface area (Å²) < 4.78 is 0. The lowest BCUT2D eigenvalue weighted by atomic mass is 9.90. The third kappa shape index (κ3) is 10.3. The maximum Gasteiger partial charge on any atom is 0.286 e. The van der Waals surface area contributed by atoms with Crippen molar-refractivity contribution in [1.82, 2.24) is 19.9 Å². The van der Waals surface area contributed by atoms with Crippen molar-refractivity contribution >= 4 is 58.0 Å². The van der Waals surface area contributed by atoms with Gasteiger partial charge in [-0.05, 0) is 66.5 Å². The van der Waals surface area contributed by atoms with Crippen molar-refractivity contribution in [2.75, 3.05) is 18.0 Å². The second kappa shape index (κ2) is 20.1. The lowest BCUT2D eigenvalue weighted by Crippen LogP contribution is -2.60. The van der Waals surface area contributed by atoms with Crippen LogP contribution in [0.15, 0.2) is 59.2 Å². The lowest BCUT2D eigenvalue weighted by molar-refractivity contribution is -0.180. The van der Waals surface area contributed by atoms with Gasteiger partial charge >= 0.3 is 0 Å². The Balaban J connectivity index is 2.12. The van der Waals surface area contributed by atoms with Gasteiger partial charge in [0.05, 0.1) is 23.7 Å². The standard InChI is InChI=1S/C46H59N5O7S/c1-11-15-22-48(23-16-12-2)45-47-40(39-34(13-3)24-33(28-52)25-35(39)14-4)37(59-45)26-36-29(5)38(42(56)49(30(6)53)27-32-20-18-17-19-21-32)43(57)51(41(36)55)50(31(7)54)44(58)46(8,9)10/h17-21,24-26,52H,11-16,22-23,27-28H2,1-10H3/b36-26-. The predicted octanol–water partition coefficient (Wildman–Crippen LogP) is 7.81. The van der Waals surface area contributed by atoms with Gasteiger partial charge in [-0.15, -0.1) is 0 Å². The van der Waals surface area contributed by atoms with Crippen LogP contribution in [0.5, 0.6) is 0 Å². The maximum absolute atomic E-state index is 14.9. The number of aliphatic hydroxyl groups is 1. The monoisotopic (exact) mass is 825 g/mol. The van der Waals surface area contributed by atoms with E-state index in [1.54, 1.807) is 57.2 Å². The van der Waals surface area contributed by atoms with Crippen LogP contribution in [0.2, 0.25) is 0 Å². The number of aryl methyl sites for hydroxylation is 2. The zero-order valence-electron chi connectivity index (χ0n) is 36.2. The van der Waals surface area contributed by atoms with Crippen LogP contribution >= 0.6 is 11.3 Å².